The quantitative estimate of drug-likeness (QED) is 0.820. The molecule has 1 atom stereocenters. The Labute approximate surface area is 96.3 Å². The Bertz CT molecular complexity index is 348. The number of aromatic nitrogens is 1. The lowest BCUT2D eigenvalue weighted by atomic mass is 10.2. The average molecular weight is 254 g/mol. The van der Waals surface area contributed by atoms with Crippen LogP contribution in [-0.4, -0.2) is 17.9 Å². The van der Waals surface area contributed by atoms with Gasteiger partial charge in [0.15, 0.2) is 5.69 Å². The first-order chi connectivity index (χ1) is 7.41. The van der Waals surface area contributed by atoms with Crippen LogP contribution in [0.3, 0.4) is 0 Å². The lowest BCUT2D eigenvalue weighted by Crippen LogP contribution is -2.50. The monoisotopic (exact) mass is 254 g/mol. The van der Waals surface area contributed by atoms with Gasteiger partial charge in [-0.05, 0) is 0 Å². The number of aliphatic hydroxyl groups is 1. The van der Waals surface area contributed by atoms with Crippen molar-refractivity contribution in [1.82, 2.24) is 0 Å². The van der Waals surface area contributed by atoms with Crippen molar-refractivity contribution in [2.24, 2.45) is 0 Å². The summed E-state index contributed by atoms with van der Waals surface area (Å²) in [5.74, 6) is 0. The molecule has 0 saturated carbocycles. The van der Waals surface area contributed by atoms with Gasteiger partial charge in [-0.2, -0.15) is 17.7 Å². The van der Waals surface area contributed by atoms with E-state index in [1.54, 1.807) is 12.3 Å². The molecule has 16 heavy (non-hydrogen) atoms. The van der Waals surface area contributed by atoms with Gasteiger partial charge in [-0.25, -0.2) is 0 Å². The summed E-state index contributed by atoms with van der Waals surface area (Å²) < 4.78 is 39.7. The summed E-state index contributed by atoms with van der Waals surface area (Å²) in [5, 5.41) is 11.1. The van der Waals surface area contributed by atoms with E-state index in [0.29, 0.717) is 10.7 Å². The van der Waals surface area contributed by atoms with Gasteiger partial charge in [0.05, 0.1) is 18.4 Å². The van der Waals surface area contributed by atoms with Gasteiger partial charge >= 0.3 is 6.18 Å². The van der Waals surface area contributed by atoms with Crippen LogP contribution in [-0.2, 0) is 6.42 Å². The van der Waals surface area contributed by atoms with Gasteiger partial charge in [0.1, 0.15) is 0 Å². The highest BCUT2D eigenvalue weighted by Gasteiger charge is 2.48. The fourth-order valence-electron chi connectivity index (χ4n) is 1.72. The zero-order valence-electron chi connectivity index (χ0n) is 9.21. The minimum absolute atomic E-state index is 0.00414. The third-order valence-electron chi connectivity index (χ3n) is 2.42. The molecular weight excluding hydrogens is 239 g/mol. The van der Waals surface area contributed by atoms with Crippen LogP contribution >= 0.6 is 11.3 Å². The van der Waals surface area contributed by atoms with Crippen LogP contribution in [0.25, 0.3) is 0 Å². The van der Waals surface area contributed by atoms with Crippen LogP contribution in [0.5, 0.6) is 0 Å². The first kappa shape index (κ1) is 13.4. The van der Waals surface area contributed by atoms with Crippen molar-refractivity contribution in [3.63, 3.8) is 0 Å². The van der Waals surface area contributed by atoms with Crippen molar-refractivity contribution in [2.45, 2.75) is 38.9 Å². The third-order valence-corrected chi connectivity index (χ3v) is 3.55. The van der Waals surface area contributed by atoms with Gasteiger partial charge in [-0.3, -0.25) is 0 Å². The molecule has 1 rings (SSSR count). The summed E-state index contributed by atoms with van der Waals surface area (Å²) in [7, 11) is 0. The molecule has 0 spiro atoms. The van der Waals surface area contributed by atoms with E-state index in [-0.39, 0.29) is 19.4 Å². The molecular formula is C10H15F3NOS+. The van der Waals surface area contributed by atoms with Gasteiger partial charge in [0, 0.05) is 13.3 Å². The minimum Gasteiger partial charge on any atom is -0.396 e. The number of rotatable bonds is 4. The molecule has 0 aliphatic heterocycles. The standard InChI is InChI=1S/C10H15F3NOS/c1-3-8(10(11,12)13)14-7(2)6-16-9(14)4-5-15/h6,8,15H,3-5H2,1-2H3/q+1. The van der Waals surface area contributed by atoms with Gasteiger partial charge < -0.3 is 5.11 Å². The number of halogens is 3. The smallest absolute Gasteiger partial charge is 0.396 e. The van der Waals surface area contributed by atoms with Crippen LogP contribution in [0, 0.1) is 6.92 Å². The summed E-state index contributed by atoms with van der Waals surface area (Å²) in [6.45, 7) is 3.05. The highest BCUT2D eigenvalue weighted by molar-refractivity contribution is 7.09. The van der Waals surface area contributed by atoms with Gasteiger partial charge in [-0.15, -0.1) is 0 Å². The zero-order chi connectivity index (χ0) is 12.3. The number of thiazole rings is 1. The highest BCUT2D eigenvalue weighted by atomic mass is 32.1. The number of aryl methyl sites for hydroxylation is 1. The highest BCUT2D eigenvalue weighted by Crippen LogP contribution is 2.30. The summed E-state index contributed by atoms with van der Waals surface area (Å²) in [6.07, 6.45) is -3.97. The van der Waals surface area contributed by atoms with Crippen molar-refractivity contribution in [3.8, 4) is 0 Å². The maximum atomic E-state index is 12.8. The second-order valence-electron chi connectivity index (χ2n) is 3.58. The van der Waals surface area contributed by atoms with Crippen molar-refractivity contribution < 1.29 is 22.8 Å². The van der Waals surface area contributed by atoms with E-state index in [0.717, 1.165) is 0 Å². The van der Waals surface area contributed by atoms with Gasteiger partial charge in [0.2, 0.25) is 5.01 Å². The number of nitrogens with zero attached hydrogens (tertiary/aromatic N) is 1. The van der Waals surface area contributed by atoms with Crippen LogP contribution in [0.15, 0.2) is 5.38 Å². The number of aliphatic hydroxyl groups excluding tert-OH is 1. The average Bonchev–Trinajstić information content (AvgIpc) is 2.49. The topological polar surface area (TPSA) is 24.1 Å². The number of hydrogen-bond donors (Lipinski definition) is 1. The van der Waals surface area contributed by atoms with E-state index in [1.165, 1.54) is 22.8 Å². The Morgan fingerprint density at radius 3 is 2.56 bits per heavy atom. The van der Waals surface area contributed by atoms with Gasteiger partial charge in [0.25, 0.3) is 6.04 Å². The fourth-order valence-corrected chi connectivity index (χ4v) is 2.73. The lowest BCUT2D eigenvalue weighted by molar-refractivity contribution is -0.754. The Morgan fingerprint density at radius 1 is 1.50 bits per heavy atom. The summed E-state index contributed by atoms with van der Waals surface area (Å²) >= 11 is 1.26. The maximum Gasteiger partial charge on any atom is 0.451 e. The minimum atomic E-state index is -4.24. The molecule has 0 radical (unpaired) electrons. The van der Waals surface area contributed by atoms with E-state index >= 15 is 0 Å². The fraction of sp³-hybridized carbons (Fsp3) is 0.700. The molecule has 1 aromatic heterocycles. The van der Waals surface area contributed by atoms with Crippen molar-refractivity contribution in [1.29, 1.82) is 0 Å². The molecule has 1 heterocycles. The van der Waals surface area contributed by atoms with Gasteiger partial charge in [-0.1, -0.05) is 18.3 Å². The first-order valence-corrected chi connectivity index (χ1v) is 5.95. The molecule has 0 aromatic carbocycles. The van der Waals surface area contributed by atoms with Crippen molar-refractivity contribution in [2.75, 3.05) is 6.61 Å². The lowest BCUT2D eigenvalue weighted by Gasteiger charge is -2.15. The van der Waals surface area contributed by atoms with E-state index in [2.05, 4.69) is 0 Å². The number of hydrogen-bond acceptors (Lipinski definition) is 2. The molecule has 92 valence electrons. The maximum absolute atomic E-state index is 12.8. The molecule has 1 N–H and O–H groups in total. The third kappa shape index (κ3) is 2.74. The van der Waals surface area contributed by atoms with Crippen LogP contribution in [0.4, 0.5) is 13.2 Å². The number of alkyl halides is 3. The van der Waals surface area contributed by atoms with Crippen LogP contribution < -0.4 is 4.57 Å². The largest absolute Gasteiger partial charge is 0.451 e. The molecule has 1 aromatic rings. The molecule has 0 saturated heterocycles. The Hall–Kier alpha value is -0.620. The Kier molecular flexibility index (Phi) is 4.32. The second-order valence-corrected chi connectivity index (χ2v) is 4.52. The Morgan fingerprint density at radius 2 is 2.12 bits per heavy atom. The molecule has 2 nitrogen and oxygen atoms in total. The molecule has 6 heteroatoms. The summed E-state index contributed by atoms with van der Waals surface area (Å²) in [5.41, 5.74) is 0.595. The SMILES string of the molecule is CCC([n+]1c(C)csc1CCO)C(F)(F)F. The molecule has 1 unspecified atom stereocenters. The predicted molar refractivity (Wildman–Crippen MR) is 55.4 cm³/mol. The Balaban J connectivity index is 3.13. The van der Waals surface area contributed by atoms with E-state index in [9.17, 15) is 13.2 Å². The molecule has 0 aliphatic rings. The molecule has 0 amide bonds. The molecule has 0 aliphatic carbocycles. The first-order valence-electron chi connectivity index (χ1n) is 5.07. The van der Waals surface area contributed by atoms with Crippen molar-refractivity contribution >= 4 is 11.3 Å². The van der Waals surface area contributed by atoms with E-state index in [4.69, 9.17) is 5.11 Å². The molecule has 0 fully saturated rings. The normalized spacial score (nSPS) is 14.1. The molecule has 0 bridgehead atoms. The van der Waals surface area contributed by atoms with Crippen LogP contribution in [0.2, 0.25) is 0 Å². The zero-order valence-corrected chi connectivity index (χ0v) is 10.0. The summed E-state index contributed by atoms with van der Waals surface area (Å²) in [6, 6.07) is -1.49. The van der Waals surface area contributed by atoms with E-state index in [1.807, 2.05) is 0 Å². The summed E-state index contributed by atoms with van der Waals surface area (Å²) in [4.78, 5) is 0. The van der Waals surface area contributed by atoms with Crippen LogP contribution in [0.1, 0.15) is 30.1 Å². The van der Waals surface area contributed by atoms with Crippen molar-refractivity contribution in [3.05, 3.63) is 16.1 Å². The van der Waals surface area contributed by atoms with E-state index < -0.39 is 12.2 Å². The predicted octanol–water partition coefficient (Wildman–Crippen LogP) is 2.39. The second kappa shape index (κ2) is 5.14.